The summed E-state index contributed by atoms with van der Waals surface area (Å²) in [7, 11) is 0. The normalized spacial score (nSPS) is 14.4. The van der Waals surface area contributed by atoms with Crippen molar-refractivity contribution in [2.24, 2.45) is 0 Å². The minimum Gasteiger partial charge on any atom is -0.457 e. The number of hydrogen-bond donors (Lipinski definition) is 0. The molecule has 11 rings (SSSR count). The highest BCUT2D eigenvalue weighted by molar-refractivity contribution is 5.91. The Labute approximate surface area is 337 Å². The number of fused-ring (bicyclic) bond motifs is 9. The number of hydrogen-bond acceptors (Lipinski definition) is 4. The minimum absolute atomic E-state index is 0.639. The summed E-state index contributed by atoms with van der Waals surface area (Å²) in [6.45, 7) is 0. The van der Waals surface area contributed by atoms with E-state index in [1.54, 1.807) is 0 Å². The second-order valence-electron chi connectivity index (χ2n) is 14.8. The Balaban J connectivity index is 1.16. The molecule has 8 aromatic carbocycles. The van der Waals surface area contributed by atoms with E-state index < -0.39 is 5.41 Å². The van der Waals surface area contributed by atoms with Gasteiger partial charge in [-0.25, -0.2) is 9.97 Å². The highest BCUT2D eigenvalue weighted by Crippen LogP contribution is 2.62. The third-order valence-electron chi connectivity index (χ3n) is 11.6. The maximum Gasteiger partial charge on any atom is 0.160 e. The van der Waals surface area contributed by atoms with Gasteiger partial charge in [0.15, 0.2) is 5.82 Å². The predicted octanol–water partition coefficient (Wildman–Crippen LogP) is 13.2. The summed E-state index contributed by atoms with van der Waals surface area (Å²) < 4.78 is 6.81. The Morgan fingerprint density at radius 1 is 0.379 bits per heavy atom. The molecule has 58 heavy (non-hydrogen) atoms. The molecule has 270 valence electrons. The zero-order chi connectivity index (χ0) is 38.6. The molecule has 0 saturated carbocycles. The molecule has 9 aromatic rings. The van der Waals surface area contributed by atoms with E-state index in [2.05, 4.69) is 152 Å². The summed E-state index contributed by atoms with van der Waals surface area (Å²) in [6, 6.07) is 71.9. The average molecular weight is 740 g/mol. The van der Waals surface area contributed by atoms with Crippen LogP contribution < -0.4 is 4.74 Å². The van der Waals surface area contributed by atoms with Gasteiger partial charge in [-0.15, -0.1) is 0 Å². The fraction of sp³-hybridized carbons (Fsp3) is 0.0185. The second-order valence-corrected chi connectivity index (χ2v) is 14.8. The molecule has 4 heteroatoms. The summed E-state index contributed by atoms with van der Waals surface area (Å²) in [5.74, 6) is 2.30. The highest BCUT2D eigenvalue weighted by Gasteiger charge is 2.51. The van der Waals surface area contributed by atoms with Crippen LogP contribution in [-0.2, 0) is 5.41 Å². The first-order chi connectivity index (χ1) is 28.7. The molecule has 2 heterocycles. The van der Waals surface area contributed by atoms with Crippen molar-refractivity contribution in [1.82, 2.24) is 9.97 Å². The van der Waals surface area contributed by atoms with Crippen molar-refractivity contribution < 1.29 is 4.74 Å². The van der Waals surface area contributed by atoms with Crippen LogP contribution in [0.15, 0.2) is 200 Å². The van der Waals surface area contributed by atoms with Crippen LogP contribution >= 0.6 is 0 Å². The molecule has 0 saturated heterocycles. The Kier molecular flexibility index (Phi) is 7.74. The van der Waals surface area contributed by atoms with Crippen molar-refractivity contribution in [3.63, 3.8) is 0 Å². The van der Waals surface area contributed by atoms with Gasteiger partial charge in [-0.3, -0.25) is 0 Å². The summed E-state index contributed by atoms with van der Waals surface area (Å²) in [6.07, 6.45) is 0. The maximum atomic E-state index is 9.52. The molecule has 0 N–H and O–H groups in total. The Hall–Kier alpha value is -7.87. The van der Waals surface area contributed by atoms with Gasteiger partial charge in [0, 0.05) is 27.8 Å². The molecular weight excluding hydrogens is 707 g/mol. The maximum absolute atomic E-state index is 9.52. The van der Waals surface area contributed by atoms with Gasteiger partial charge in [0.2, 0.25) is 0 Å². The lowest BCUT2D eigenvalue weighted by atomic mass is 9.65. The number of nitrogens with zero attached hydrogens (tertiary/aromatic N) is 3. The van der Waals surface area contributed by atoms with Crippen molar-refractivity contribution in [3.8, 4) is 84.9 Å². The molecular formula is C54H33N3O. The number of aromatic nitrogens is 2. The Bertz CT molecular complexity index is 3090. The van der Waals surface area contributed by atoms with Crippen molar-refractivity contribution in [1.29, 1.82) is 5.26 Å². The van der Waals surface area contributed by atoms with Crippen LogP contribution in [0.4, 0.5) is 0 Å². The topological polar surface area (TPSA) is 58.8 Å². The van der Waals surface area contributed by atoms with E-state index in [1.165, 1.54) is 22.3 Å². The van der Waals surface area contributed by atoms with Gasteiger partial charge in [0.05, 0.1) is 28.4 Å². The minimum atomic E-state index is -0.688. The summed E-state index contributed by atoms with van der Waals surface area (Å²) in [5, 5.41) is 9.52. The largest absolute Gasteiger partial charge is 0.457 e. The molecule has 4 nitrogen and oxygen atoms in total. The van der Waals surface area contributed by atoms with E-state index in [0.717, 1.165) is 73.0 Å². The van der Waals surface area contributed by atoms with E-state index in [9.17, 15) is 5.26 Å². The number of benzene rings is 8. The van der Waals surface area contributed by atoms with Crippen LogP contribution in [0.5, 0.6) is 11.5 Å². The Morgan fingerprint density at radius 3 is 1.72 bits per heavy atom. The van der Waals surface area contributed by atoms with E-state index in [-0.39, 0.29) is 0 Å². The first-order valence-electron chi connectivity index (χ1n) is 19.5. The quantitative estimate of drug-likeness (QED) is 0.176. The molecule has 1 aliphatic heterocycles. The van der Waals surface area contributed by atoms with Crippen molar-refractivity contribution in [2.45, 2.75) is 5.41 Å². The fourth-order valence-corrected chi connectivity index (χ4v) is 9.00. The van der Waals surface area contributed by atoms with Gasteiger partial charge < -0.3 is 4.74 Å². The smallest absolute Gasteiger partial charge is 0.160 e. The van der Waals surface area contributed by atoms with Gasteiger partial charge in [-0.1, -0.05) is 152 Å². The zero-order valence-corrected chi connectivity index (χ0v) is 31.3. The number of para-hydroxylation sites is 1. The second kappa shape index (κ2) is 13.4. The third kappa shape index (κ3) is 5.22. The molecule has 1 spiro atoms. The first kappa shape index (κ1) is 33.5. The van der Waals surface area contributed by atoms with Crippen LogP contribution in [-0.4, -0.2) is 9.97 Å². The van der Waals surface area contributed by atoms with Crippen LogP contribution in [0, 0.1) is 11.3 Å². The molecule has 0 amide bonds. The van der Waals surface area contributed by atoms with Crippen LogP contribution in [0.1, 0.15) is 27.8 Å². The lowest BCUT2D eigenvalue weighted by molar-refractivity contribution is 0.436. The Morgan fingerprint density at radius 2 is 0.948 bits per heavy atom. The predicted molar refractivity (Wildman–Crippen MR) is 231 cm³/mol. The SMILES string of the molecule is N#Cc1ccc(-c2ccc3c(c2)C2(c4ccccc4Oc4ccc(-c5cc(-c6ccccc6-c6ccccc6)nc(-c6ccccc6)n5)cc42)c2ccccc2-3)cc1. The van der Waals surface area contributed by atoms with Gasteiger partial charge in [-0.2, -0.15) is 5.26 Å². The summed E-state index contributed by atoms with van der Waals surface area (Å²) >= 11 is 0. The average Bonchev–Trinajstić information content (AvgIpc) is 3.59. The van der Waals surface area contributed by atoms with Gasteiger partial charge in [-0.05, 0) is 93.0 Å². The number of rotatable bonds is 5. The van der Waals surface area contributed by atoms with Crippen LogP contribution in [0.25, 0.3) is 67.3 Å². The lowest BCUT2D eigenvalue weighted by Gasteiger charge is -2.39. The van der Waals surface area contributed by atoms with E-state index in [4.69, 9.17) is 14.7 Å². The van der Waals surface area contributed by atoms with Crippen molar-refractivity contribution >= 4 is 0 Å². The molecule has 0 fully saturated rings. The van der Waals surface area contributed by atoms with E-state index >= 15 is 0 Å². The van der Waals surface area contributed by atoms with Crippen LogP contribution in [0.2, 0.25) is 0 Å². The summed E-state index contributed by atoms with van der Waals surface area (Å²) in [5.41, 5.74) is 15.9. The zero-order valence-electron chi connectivity index (χ0n) is 31.3. The molecule has 0 bridgehead atoms. The molecule has 1 aromatic heterocycles. The molecule has 0 radical (unpaired) electrons. The molecule has 1 unspecified atom stereocenters. The number of nitriles is 1. The van der Waals surface area contributed by atoms with Crippen LogP contribution in [0.3, 0.4) is 0 Å². The van der Waals surface area contributed by atoms with Gasteiger partial charge in [0.1, 0.15) is 11.5 Å². The molecule has 1 atom stereocenters. The van der Waals surface area contributed by atoms with E-state index in [1.807, 2.05) is 54.6 Å². The van der Waals surface area contributed by atoms with Crippen molar-refractivity contribution in [2.75, 3.05) is 0 Å². The van der Waals surface area contributed by atoms with Gasteiger partial charge in [0.25, 0.3) is 0 Å². The summed E-state index contributed by atoms with van der Waals surface area (Å²) in [4.78, 5) is 10.5. The third-order valence-corrected chi connectivity index (χ3v) is 11.6. The molecule has 2 aliphatic rings. The van der Waals surface area contributed by atoms with Crippen molar-refractivity contribution in [3.05, 3.63) is 228 Å². The highest BCUT2D eigenvalue weighted by atomic mass is 16.5. The monoisotopic (exact) mass is 739 g/mol. The lowest BCUT2D eigenvalue weighted by Crippen LogP contribution is -2.32. The standard InChI is InChI=1S/C54H33N3O/c55-34-35-23-25-36(26-24-35)39-27-29-43-42-18-9-10-20-45(42)54(47(43)31-39)46-21-11-12-22-51(46)58-52-30-28-40(32-48(52)54)49-33-50(57-53(56-49)38-15-5-2-6-16-38)44-19-8-7-17-41(44)37-13-3-1-4-14-37/h1-33H. The van der Waals surface area contributed by atoms with Gasteiger partial charge >= 0.3 is 0 Å². The molecule has 1 aliphatic carbocycles. The van der Waals surface area contributed by atoms with E-state index in [0.29, 0.717) is 11.4 Å². The fourth-order valence-electron chi connectivity index (χ4n) is 9.00. The first-order valence-corrected chi connectivity index (χ1v) is 19.5. The number of ether oxygens (including phenoxy) is 1.